The van der Waals surface area contributed by atoms with E-state index in [9.17, 15) is 13.2 Å². The Balaban J connectivity index is 1.52. The van der Waals surface area contributed by atoms with Gasteiger partial charge < -0.3 is 28.8 Å². The molecule has 3 aromatic rings. The minimum Gasteiger partial charge on any atom is -0.491 e. The molecule has 0 aliphatic rings. The van der Waals surface area contributed by atoms with Crippen molar-refractivity contribution in [2.45, 2.75) is 6.36 Å². The maximum Gasteiger partial charge on any atom is 0.573 e. The fraction of sp³-hybridized carbons (Fsp3) is 0.409. The smallest absolute Gasteiger partial charge is 0.491 e. The zero-order valence-corrected chi connectivity index (χ0v) is 18.5. The monoisotopic (exact) mass is 487 g/mol. The predicted molar refractivity (Wildman–Crippen MR) is 117 cm³/mol. The van der Waals surface area contributed by atoms with Gasteiger partial charge in [-0.2, -0.15) is 0 Å². The van der Waals surface area contributed by atoms with Crippen molar-refractivity contribution in [2.24, 2.45) is 0 Å². The van der Waals surface area contributed by atoms with Gasteiger partial charge in [-0.25, -0.2) is 4.98 Å². The number of benzene rings is 2. The highest BCUT2D eigenvalue weighted by molar-refractivity contribution is 7.21. The van der Waals surface area contributed by atoms with E-state index in [0.717, 1.165) is 4.70 Å². The first-order valence-electron chi connectivity index (χ1n) is 10.2. The van der Waals surface area contributed by atoms with Crippen molar-refractivity contribution in [3.05, 3.63) is 42.5 Å². The van der Waals surface area contributed by atoms with Crippen molar-refractivity contribution in [2.75, 3.05) is 52.9 Å². The lowest BCUT2D eigenvalue weighted by Gasteiger charge is -2.14. The number of para-hydroxylation sites is 1. The molecule has 11 heteroatoms. The van der Waals surface area contributed by atoms with Gasteiger partial charge in [0.2, 0.25) is 0 Å². The molecule has 180 valence electrons. The van der Waals surface area contributed by atoms with E-state index in [1.807, 2.05) is 18.2 Å². The summed E-state index contributed by atoms with van der Waals surface area (Å²) < 4.78 is 65.3. The van der Waals surface area contributed by atoms with Crippen LogP contribution >= 0.6 is 11.3 Å². The number of rotatable bonds is 14. The fourth-order valence-corrected chi connectivity index (χ4v) is 3.79. The van der Waals surface area contributed by atoms with Gasteiger partial charge in [0, 0.05) is 6.07 Å². The van der Waals surface area contributed by atoms with Crippen LogP contribution in [0.5, 0.6) is 11.5 Å². The van der Waals surface area contributed by atoms with E-state index in [4.69, 9.17) is 24.1 Å². The summed E-state index contributed by atoms with van der Waals surface area (Å²) in [7, 11) is 0. The number of aliphatic hydroxyl groups excluding tert-OH is 1. The Hall–Kier alpha value is -2.44. The van der Waals surface area contributed by atoms with Crippen LogP contribution in [0.4, 0.5) is 13.2 Å². The number of hydrogen-bond donors (Lipinski definition) is 1. The van der Waals surface area contributed by atoms with E-state index in [1.54, 1.807) is 12.1 Å². The highest BCUT2D eigenvalue weighted by atomic mass is 32.1. The van der Waals surface area contributed by atoms with Gasteiger partial charge in [0.05, 0.1) is 62.0 Å². The van der Waals surface area contributed by atoms with E-state index < -0.39 is 6.36 Å². The summed E-state index contributed by atoms with van der Waals surface area (Å²) in [5.41, 5.74) is 0.937. The molecule has 0 aliphatic carbocycles. The van der Waals surface area contributed by atoms with Crippen LogP contribution < -0.4 is 9.47 Å². The van der Waals surface area contributed by atoms with Gasteiger partial charge in [-0.15, -0.1) is 24.5 Å². The van der Waals surface area contributed by atoms with Gasteiger partial charge in [0.15, 0.2) is 0 Å². The quantitative estimate of drug-likeness (QED) is 0.340. The van der Waals surface area contributed by atoms with Crippen molar-refractivity contribution in [3.8, 4) is 22.1 Å². The molecule has 0 aliphatic heterocycles. The average molecular weight is 487 g/mol. The molecule has 0 radical (unpaired) electrons. The molecule has 0 saturated carbocycles. The average Bonchev–Trinajstić information content (AvgIpc) is 3.20. The molecule has 0 saturated heterocycles. The van der Waals surface area contributed by atoms with E-state index in [0.29, 0.717) is 37.0 Å². The molecule has 3 rings (SSSR count). The second kappa shape index (κ2) is 12.7. The lowest BCUT2D eigenvalue weighted by atomic mass is 10.2. The molecule has 0 spiro atoms. The van der Waals surface area contributed by atoms with Crippen molar-refractivity contribution in [1.29, 1.82) is 0 Å². The van der Waals surface area contributed by atoms with Crippen molar-refractivity contribution in [1.82, 2.24) is 4.98 Å². The van der Waals surface area contributed by atoms with Crippen LogP contribution in [-0.4, -0.2) is 69.3 Å². The Morgan fingerprint density at radius 2 is 1.52 bits per heavy atom. The molecule has 0 unspecified atom stereocenters. The lowest BCUT2D eigenvalue weighted by molar-refractivity contribution is -0.274. The summed E-state index contributed by atoms with van der Waals surface area (Å²) in [6, 6.07) is 11.6. The Morgan fingerprint density at radius 1 is 0.848 bits per heavy atom. The number of hydrogen-bond acceptors (Lipinski definition) is 8. The number of alkyl halides is 3. The van der Waals surface area contributed by atoms with Crippen LogP contribution in [0.2, 0.25) is 0 Å². The molecule has 33 heavy (non-hydrogen) atoms. The molecule has 0 fully saturated rings. The molecule has 1 heterocycles. The normalized spacial score (nSPS) is 11.8. The van der Waals surface area contributed by atoms with Crippen LogP contribution in [0.25, 0.3) is 20.8 Å². The molecule has 0 amide bonds. The molecular formula is C22H24F3NO6S. The number of nitrogens with zero attached hydrogens (tertiary/aromatic N) is 1. The summed E-state index contributed by atoms with van der Waals surface area (Å²) in [4.78, 5) is 4.41. The minimum atomic E-state index is -4.85. The third-order valence-electron chi connectivity index (χ3n) is 4.18. The Labute approximate surface area is 192 Å². The van der Waals surface area contributed by atoms with Crippen LogP contribution in [0.3, 0.4) is 0 Å². The molecular weight excluding hydrogens is 463 g/mol. The van der Waals surface area contributed by atoms with Crippen LogP contribution in [0, 0.1) is 0 Å². The van der Waals surface area contributed by atoms with Crippen molar-refractivity contribution >= 4 is 21.6 Å². The highest BCUT2D eigenvalue weighted by Crippen LogP contribution is 2.39. The first-order chi connectivity index (χ1) is 16.0. The standard InChI is InChI=1S/C22H24F3NO6S/c23-22(24,25)32-19-15-16(31-14-13-30-12-11-29-10-9-28-8-7-27)5-6-17(19)21-26-18-3-1-2-4-20(18)33-21/h1-6,15,27H,7-14H2. The molecule has 2 aromatic carbocycles. The van der Waals surface area contributed by atoms with Crippen molar-refractivity contribution in [3.63, 3.8) is 0 Å². The predicted octanol–water partition coefficient (Wildman–Crippen LogP) is 4.28. The van der Waals surface area contributed by atoms with Crippen LogP contribution in [-0.2, 0) is 14.2 Å². The maximum absolute atomic E-state index is 13.0. The fourth-order valence-electron chi connectivity index (χ4n) is 2.79. The van der Waals surface area contributed by atoms with Gasteiger partial charge >= 0.3 is 6.36 Å². The number of ether oxygens (including phenoxy) is 5. The first-order valence-corrected chi connectivity index (χ1v) is 11.0. The Morgan fingerprint density at radius 3 is 2.18 bits per heavy atom. The van der Waals surface area contributed by atoms with E-state index in [-0.39, 0.29) is 43.5 Å². The highest BCUT2D eigenvalue weighted by Gasteiger charge is 2.33. The van der Waals surface area contributed by atoms with Gasteiger partial charge in [-0.05, 0) is 24.3 Å². The molecule has 1 N–H and O–H groups in total. The van der Waals surface area contributed by atoms with Gasteiger partial charge in [0.1, 0.15) is 23.1 Å². The van der Waals surface area contributed by atoms with Gasteiger partial charge in [0.25, 0.3) is 0 Å². The van der Waals surface area contributed by atoms with E-state index in [2.05, 4.69) is 9.72 Å². The number of aromatic nitrogens is 1. The SMILES string of the molecule is OCCOCCOCCOCCOc1ccc(-c2nc3ccccc3s2)c(OC(F)(F)F)c1. The number of halogens is 3. The molecule has 0 bridgehead atoms. The Bertz CT molecular complexity index is 965. The maximum atomic E-state index is 13.0. The molecule has 1 aromatic heterocycles. The third-order valence-corrected chi connectivity index (χ3v) is 5.25. The lowest BCUT2D eigenvalue weighted by Crippen LogP contribution is -2.18. The van der Waals surface area contributed by atoms with Gasteiger partial charge in [-0.3, -0.25) is 0 Å². The van der Waals surface area contributed by atoms with Crippen LogP contribution in [0.15, 0.2) is 42.5 Å². The number of thiazole rings is 1. The summed E-state index contributed by atoms with van der Waals surface area (Å²) in [5, 5.41) is 9.00. The van der Waals surface area contributed by atoms with Crippen LogP contribution in [0.1, 0.15) is 0 Å². The second-order valence-electron chi connectivity index (χ2n) is 6.60. The topological polar surface area (TPSA) is 79.3 Å². The third kappa shape index (κ3) is 8.45. The van der Waals surface area contributed by atoms with Crippen molar-refractivity contribution < 1.29 is 42.0 Å². The summed E-state index contributed by atoms with van der Waals surface area (Å²) in [6.45, 7) is 2.10. The van der Waals surface area contributed by atoms with E-state index >= 15 is 0 Å². The summed E-state index contributed by atoms with van der Waals surface area (Å²) in [5.74, 6) is -0.156. The zero-order chi connectivity index (χ0) is 23.5. The number of aliphatic hydroxyl groups is 1. The summed E-state index contributed by atoms with van der Waals surface area (Å²) >= 11 is 1.28. The number of fused-ring (bicyclic) bond motifs is 1. The first kappa shape index (κ1) is 25.2. The largest absolute Gasteiger partial charge is 0.573 e. The molecule has 0 atom stereocenters. The van der Waals surface area contributed by atoms with E-state index in [1.165, 1.54) is 23.5 Å². The Kier molecular flexibility index (Phi) is 9.70. The summed E-state index contributed by atoms with van der Waals surface area (Å²) in [6.07, 6.45) is -4.85. The second-order valence-corrected chi connectivity index (χ2v) is 7.63. The zero-order valence-electron chi connectivity index (χ0n) is 17.7. The molecule has 7 nitrogen and oxygen atoms in total. The van der Waals surface area contributed by atoms with Gasteiger partial charge in [-0.1, -0.05) is 12.1 Å². The minimum absolute atomic E-state index is 0.0301.